The smallest absolute Gasteiger partial charge is 0.253 e. The molecule has 0 radical (unpaired) electrons. The maximum Gasteiger partial charge on any atom is 0.253 e. The Morgan fingerprint density at radius 2 is 1.43 bits per heavy atom. The SMILES string of the molecule is CNc1ccccc1C(=O)NCc1ccc(CNC(=O)c2ccc(N(CCc3cccc(Cl)c3Cl)S(=O)[O-])cc2)cc1. The second-order valence-corrected chi connectivity index (χ2v) is 11.0. The molecule has 0 spiro atoms. The molecule has 8 nitrogen and oxygen atoms in total. The highest BCUT2D eigenvalue weighted by Crippen LogP contribution is 2.27. The van der Waals surface area contributed by atoms with Crippen LogP contribution in [0.25, 0.3) is 0 Å². The summed E-state index contributed by atoms with van der Waals surface area (Å²) in [4.78, 5) is 25.3. The van der Waals surface area contributed by atoms with Crippen molar-refractivity contribution in [2.75, 3.05) is 23.2 Å². The van der Waals surface area contributed by atoms with E-state index in [1.807, 2.05) is 42.5 Å². The number of amides is 2. The Labute approximate surface area is 257 Å². The molecular formula is C31H29Cl2N4O4S-. The minimum Gasteiger partial charge on any atom is -0.755 e. The monoisotopic (exact) mass is 623 g/mol. The molecule has 0 aromatic heterocycles. The number of hydrogen-bond donors (Lipinski definition) is 3. The van der Waals surface area contributed by atoms with E-state index < -0.39 is 11.3 Å². The van der Waals surface area contributed by atoms with Crippen molar-refractivity contribution >= 4 is 57.7 Å². The second kappa shape index (κ2) is 14.8. The van der Waals surface area contributed by atoms with Crippen molar-refractivity contribution < 1.29 is 18.4 Å². The fourth-order valence-corrected chi connectivity index (χ4v) is 5.22. The Morgan fingerprint density at radius 1 is 0.810 bits per heavy atom. The van der Waals surface area contributed by atoms with Crippen molar-refractivity contribution in [3.8, 4) is 0 Å². The molecule has 218 valence electrons. The molecule has 0 aliphatic carbocycles. The maximum absolute atomic E-state index is 12.7. The standard InChI is InChI=1S/C31H30Cl2N4O4S/c1-34-28-8-3-2-6-26(28)31(39)36-20-22-11-9-21(10-12-22)19-35-30(38)24-13-15-25(16-14-24)37(42(40)41)18-17-23-5-4-7-27(32)29(23)33/h2-16,34H,17-20H2,1H3,(H,35,38)(H,36,39)(H,40,41)/p-1. The van der Waals surface area contributed by atoms with Crippen LogP contribution in [0.2, 0.25) is 10.0 Å². The Morgan fingerprint density at radius 3 is 2.05 bits per heavy atom. The van der Waals surface area contributed by atoms with Gasteiger partial charge in [0.25, 0.3) is 11.8 Å². The number of carbonyl (C=O) groups is 2. The quantitative estimate of drug-likeness (QED) is 0.174. The summed E-state index contributed by atoms with van der Waals surface area (Å²) in [5.41, 5.74) is 4.71. The molecule has 0 saturated heterocycles. The van der Waals surface area contributed by atoms with Gasteiger partial charge in [0.2, 0.25) is 0 Å². The molecule has 0 aliphatic heterocycles. The second-order valence-electron chi connectivity index (χ2n) is 9.31. The van der Waals surface area contributed by atoms with E-state index >= 15 is 0 Å². The topological polar surface area (TPSA) is 114 Å². The van der Waals surface area contributed by atoms with Crippen LogP contribution in [0.15, 0.2) is 91.0 Å². The molecule has 42 heavy (non-hydrogen) atoms. The summed E-state index contributed by atoms with van der Waals surface area (Å²) in [6.45, 7) is 0.831. The van der Waals surface area contributed by atoms with E-state index in [-0.39, 0.29) is 18.4 Å². The van der Waals surface area contributed by atoms with E-state index in [0.717, 1.165) is 22.4 Å². The first-order valence-electron chi connectivity index (χ1n) is 13.1. The zero-order valence-electron chi connectivity index (χ0n) is 22.7. The highest BCUT2D eigenvalue weighted by Gasteiger charge is 2.13. The lowest BCUT2D eigenvalue weighted by atomic mass is 10.1. The van der Waals surface area contributed by atoms with Gasteiger partial charge in [-0.15, -0.1) is 0 Å². The molecule has 4 aromatic rings. The van der Waals surface area contributed by atoms with Crippen molar-refractivity contribution in [1.82, 2.24) is 10.6 Å². The number of nitrogens with zero attached hydrogens (tertiary/aromatic N) is 1. The predicted molar refractivity (Wildman–Crippen MR) is 168 cm³/mol. The lowest BCUT2D eigenvalue weighted by Gasteiger charge is -2.26. The van der Waals surface area contributed by atoms with E-state index in [9.17, 15) is 18.4 Å². The molecule has 0 heterocycles. The number of nitrogens with one attached hydrogen (secondary N) is 3. The molecule has 3 N–H and O–H groups in total. The van der Waals surface area contributed by atoms with Crippen LogP contribution in [0.1, 0.15) is 37.4 Å². The molecule has 4 rings (SSSR count). The van der Waals surface area contributed by atoms with Gasteiger partial charge in [-0.05, 0) is 65.6 Å². The number of rotatable bonds is 12. The van der Waals surface area contributed by atoms with Gasteiger partial charge in [0.05, 0.1) is 15.6 Å². The van der Waals surface area contributed by atoms with Crippen LogP contribution >= 0.6 is 23.2 Å². The van der Waals surface area contributed by atoms with Crippen LogP contribution in [0.5, 0.6) is 0 Å². The van der Waals surface area contributed by atoms with Crippen LogP contribution in [0.4, 0.5) is 11.4 Å². The van der Waals surface area contributed by atoms with Crippen LogP contribution in [0, 0.1) is 0 Å². The van der Waals surface area contributed by atoms with E-state index in [2.05, 4.69) is 16.0 Å². The third-order valence-corrected chi connectivity index (χ3v) is 8.19. The van der Waals surface area contributed by atoms with Gasteiger partial charge in [0, 0.05) is 54.9 Å². The number of carbonyl (C=O) groups excluding carboxylic acids is 2. The van der Waals surface area contributed by atoms with Gasteiger partial charge in [-0.1, -0.05) is 71.7 Å². The van der Waals surface area contributed by atoms with E-state index in [1.54, 1.807) is 55.6 Å². The summed E-state index contributed by atoms with van der Waals surface area (Å²) >= 11 is 9.76. The van der Waals surface area contributed by atoms with Gasteiger partial charge in [0.1, 0.15) is 0 Å². The van der Waals surface area contributed by atoms with Crippen LogP contribution in [0.3, 0.4) is 0 Å². The first kappa shape index (κ1) is 31.1. The molecule has 0 aliphatic rings. The molecule has 1 unspecified atom stereocenters. The van der Waals surface area contributed by atoms with Crippen molar-refractivity contribution in [3.05, 3.63) is 129 Å². The Kier molecular flexibility index (Phi) is 11.0. The normalized spacial score (nSPS) is 11.4. The fourth-order valence-electron chi connectivity index (χ4n) is 4.27. The van der Waals surface area contributed by atoms with Crippen LogP contribution in [-0.2, 0) is 30.8 Å². The van der Waals surface area contributed by atoms with Gasteiger partial charge in [-0.2, -0.15) is 0 Å². The van der Waals surface area contributed by atoms with Crippen molar-refractivity contribution in [3.63, 3.8) is 0 Å². The van der Waals surface area contributed by atoms with Gasteiger partial charge in [-0.3, -0.25) is 13.8 Å². The number of benzene rings is 4. The zero-order valence-corrected chi connectivity index (χ0v) is 25.1. The summed E-state index contributed by atoms with van der Waals surface area (Å²) < 4.78 is 25.0. The molecule has 11 heteroatoms. The van der Waals surface area contributed by atoms with Gasteiger partial charge in [0.15, 0.2) is 0 Å². The third-order valence-electron chi connectivity index (χ3n) is 6.58. The zero-order chi connectivity index (χ0) is 30.1. The molecule has 2 amide bonds. The van der Waals surface area contributed by atoms with E-state index in [0.29, 0.717) is 46.4 Å². The van der Waals surface area contributed by atoms with Gasteiger partial charge < -0.3 is 24.8 Å². The lowest BCUT2D eigenvalue weighted by Crippen LogP contribution is -2.28. The van der Waals surface area contributed by atoms with Gasteiger partial charge in [-0.25, -0.2) is 0 Å². The summed E-state index contributed by atoms with van der Waals surface area (Å²) in [6.07, 6.45) is 0.366. The van der Waals surface area contributed by atoms with Gasteiger partial charge >= 0.3 is 0 Å². The number of para-hydroxylation sites is 1. The summed E-state index contributed by atoms with van der Waals surface area (Å²) in [5.74, 6) is -0.459. The summed E-state index contributed by atoms with van der Waals surface area (Å²) in [6, 6.07) is 26.4. The first-order chi connectivity index (χ1) is 20.3. The highest BCUT2D eigenvalue weighted by molar-refractivity contribution is 7.80. The Bertz CT molecular complexity index is 1570. The van der Waals surface area contributed by atoms with Crippen LogP contribution in [-0.4, -0.2) is 34.2 Å². The largest absolute Gasteiger partial charge is 0.755 e. The van der Waals surface area contributed by atoms with Crippen molar-refractivity contribution in [2.24, 2.45) is 0 Å². The fraction of sp³-hybridized carbons (Fsp3) is 0.161. The maximum atomic E-state index is 12.7. The number of halogens is 2. The number of hydrogen-bond acceptors (Lipinski definition) is 5. The average Bonchev–Trinajstić information content (AvgIpc) is 3.01. The van der Waals surface area contributed by atoms with E-state index in [4.69, 9.17) is 23.2 Å². The van der Waals surface area contributed by atoms with Crippen molar-refractivity contribution in [2.45, 2.75) is 19.5 Å². The Balaban J connectivity index is 1.28. The summed E-state index contributed by atoms with van der Waals surface area (Å²) in [5, 5.41) is 9.61. The molecule has 0 fully saturated rings. The van der Waals surface area contributed by atoms with E-state index in [1.165, 1.54) is 4.31 Å². The Hall–Kier alpha value is -3.89. The summed E-state index contributed by atoms with van der Waals surface area (Å²) in [7, 11) is 1.77. The third kappa shape index (κ3) is 8.10. The minimum atomic E-state index is -2.52. The number of anilines is 2. The predicted octanol–water partition coefficient (Wildman–Crippen LogP) is 5.74. The highest BCUT2D eigenvalue weighted by atomic mass is 35.5. The molecule has 1 atom stereocenters. The van der Waals surface area contributed by atoms with Crippen LogP contribution < -0.4 is 20.3 Å². The van der Waals surface area contributed by atoms with Crippen molar-refractivity contribution in [1.29, 1.82) is 0 Å². The molecule has 0 saturated carbocycles. The lowest BCUT2D eigenvalue weighted by molar-refractivity contribution is 0.0943. The first-order valence-corrected chi connectivity index (χ1v) is 14.9. The molecular weight excluding hydrogens is 595 g/mol. The molecule has 0 bridgehead atoms. The molecule has 4 aromatic carbocycles. The minimum absolute atomic E-state index is 0.157. The average molecular weight is 625 g/mol.